The lowest BCUT2D eigenvalue weighted by atomic mass is 9.77. The Hall–Kier alpha value is -3.36. The summed E-state index contributed by atoms with van der Waals surface area (Å²) in [7, 11) is 0. The molecule has 144 valence electrons. The van der Waals surface area contributed by atoms with Crippen LogP contribution in [0.2, 0.25) is 0 Å². The van der Waals surface area contributed by atoms with E-state index in [0.29, 0.717) is 0 Å². The van der Waals surface area contributed by atoms with E-state index in [1.165, 1.54) is 16.7 Å². The molecule has 4 aromatic rings. The van der Waals surface area contributed by atoms with Gasteiger partial charge in [-0.2, -0.15) is 0 Å². The van der Waals surface area contributed by atoms with Crippen molar-refractivity contribution in [2.24, 2.45) is 0 Å². The van der Waals surface area contributed by atoms with Crippen molar-refractivity contribution in [3.63, 3.8) is 0 Å². The van der Waals surface area contributed by atoms with E-state index in [4.69, 9.17) is 0 Å². The smallest absolute Gasteiger partial charge is 0.0948 e. The molecule has 4 aromatic carbocycles. The fourth-order valence-corrected chi connectivity index (χ4v) is 3.88. The van der Waals surface area contributed by atoms with E-state index in [9.17, 15) is 0 Å². The van der Waals surface area contributed by atoms with Gasteiger partial charge in [-0.05, 0) is 28.8 Å². The molecule has 0 heterocycles. The van der Waals surface area contributed by atoms with Crippen LogP contribution in [0.4, 0.5) is 5.69 Å². The first kappa shape index (κ1) is 19.0. The fraction of sp³-hybridized carbons (Fsp3) is 0.111. The number of para-hydroxylation sites is 1. The number of hydrogen-bond acceptors (Lipinski definition) is 2. The van der Waals surface area contributed by atoms with E-state index in [-0.39, 0.29) is 0 Å². The summed E-state index contributed by atoms with van der Waals surface area (Å²) in [5, 5.41) is 7.40. The molecule has 0 amide bonds. The van der Waals surface area contributed by atoms with Gasteiger partial charge in [-0.25, -0.2) is 0 Å². The SMILES string of the molecule is c1ccc(NCCNC(c2ccccc2)(c2ccccc2)c2ccccc2)cc1. The van der Waals surface area contributed by atoms with Crippen LogP contribution in [0.15, 0.2) is 121 Å². The van der Waals surface area contributed by atoms with E-state index >= 15 is 0 Å². The average Bonchev–Trinajstić information content (AvgIpc) is 2.82. The van der Waals surface area contributed by atoms with Gasteiger partial charge in [0, 0.05) is 18.8 Å². The van der Waals surface area contributed by atoms with Crippen molar-refractivity contribution in [1.29, 1.82) is 0 Å². The summed E-state index contributed by atoms with van der Waals surface area (Å²) in [5.41, 5.74) is 4.42. The molecule has 29 heavy (non-hydrogen) atoms. The highest BCUT2D eigenvalue weighted by Gasteiger charge is 2.35. The van der Waals surface area contributed by atoms with Gasteiger partial charge in [-0.1, -0.05) is 109 Å². The van der Waals surface area contributed by atoms with Gasteiger partial charge in [-0.15, -0.1) is 0 Å². The van der Waals surface area contributed by atoms with Crippen LogP contribution in [0, 0.1) is 0 Å². The monoisotopic (exact) mass is 378 g/mol. The Labute approximate surface area is 173 Å². The first-order valence-corrected chi connectivity index (χ1v) is 10.1. The van der Waals surface area contributed by atoms with E-state index in [1.807, 2.05) is 6.07 Å². The van der Waals surface area contributed by atoms with Crippen molar-refractivity contribution in [1.82, 2.24) is 5.32 Å². The summed E-state index contributed by atoms with van der Waals surface area (Å²) in [6, 6.07) is 42.4. The lowest BCUT2D eigenvalue weighted by molar-refractivity contribution is 0.483. The molecule has 2 nitrogen and oxygen atoms in total. The van der Waals surface area contributed by atoms with Crippen molar-refractivity contribution >= 4 is 5.69 Å². The van der Waals surface area contributed by atoms with E-state index in [1.54, 1.807) is 0 Å². The average molecular weight is 379 g/mol. The molecule has 2 heteroatoms. The quantitative estimate of drug-likeness (QED) is 0.304. The largest absolute Gasteiger partial charge is 0.384 e. The number of nitrogens with one attached hydrogen (secondary N) is 2. The second-order valence-corrected chi connectivity index (χ2v) is 7.07. The lowest BCUT2D eigenvalue weighted by Gasteiger charge is -2.37. The van der Waals surface area contributed by atoms with Gasteiger partial charge < -0.3 is 5.32 Å². The zero-order valence-electron chi connectivity index (χ0n) is 16.5. The van der Waals surface area contributed by atoms with Crippen molar-refractivity contribution in [3.8, 4) is 0 Å². The molecule has 0 saturated heterocycles. The van der Waals surface area contributed by atoms with Crippen LogP contribution in [-0.4, -0.2) is 13.1 Å². The molecule has 4 rings (SSSR count). The number of hydrogen-bond donors (Lipinski definition) is 2. The predicted octanol–water partition coefficient (Wildman–Crippen LogP) is 5.68. The van der Waals surface area contributed by atoms with Crippen LogP contribution >= 0.6 is 0 Å². The minimum atomic E-state index is -0.415. The molecule has 2 N–H and O–H groups in total. The second-order valence-electron chi connectivity index (χ2n) is 7.07. The summed E-state index contributed by atoms with van der Waals surface area (Å²) in [6.07, 6.45) is 0. The van der Waals surface area contributed by atoms with Gasteiger partial charge in [0.15, 0.2) is 0 Å². The fourth-order valence-electron chi connectivity index (χ4n) is 3.88. The van der Waals surface area contributed by atoms with Crippen molar-refractivity contribution in [3.05, 3.63) is 138 Å². The van der Waals surface area contributed by atoms with E-state index in [2.05, 4.69) is 126 Å². The number of benzene rings is 4. The molecule has 0 aliphatic rings. The third-order valence-corrected chi connectivity index (χ3v) is 5.24. The lowest BCUT2D eigenvalue weighted by Crippen LogP contribution is -2.46. The van der Waals surface area contributed by atoms with Gasteiger partial charge in [0.25, 0.3) is 0 Å². The highest BCUT2D eigenvalue weighted by atomic mass is 15.0. The van der Waals surface area contributed by atoms with Gasteiger partial charge in [0.2, 0.25) is 0 Å². The molecule has 0 fully saturated rings. The third kappa shape index (κ3) is 4.23. The molecular formula is C27H26N2. The van der Waals surface area contributed by atoms with Crippen molar-refractivity contribution < 1.29 is 0 Å². The van der Waals surface area contributed by atoms with Gasteiger partial charge in [0.05, 0.1) is 5.54 Å². The Balaban J connectivity index is 1.70. The topological polar surface area (TPSA) is 24.1 Å². The maximum atomic E-state index is 3.89. The van der Waals surface area contributed by atoms with Crippen LogP contribution in [0.5, 0.6) is 0 Å². The summed E-state index contributed by atoms with van der Waals surface area (Å²) in [6.45, 7) is 1.64. The Morgan fingerprint density at radius 3 is 1.24 bits per heavy atom. The number of anilines is 1. The maximum Gasteiger partial charge on any atom is 0.0948 e. The molecule has 0 spiro atoms. The van der Waals surface area contributed by atoms with Crippen LogP contribution in [0.3, 0.4) is 0 Å². The van der Waals surface area contributed by atoms with Crippen LogP contribution < -0.4 is 10.6 Å². The summed E-state index contributed by atoms with van der Waals surface area (Å²) in [4.78, 5) is 0. The first-order valence-electron chi connectivity index (χ1n) is 10.1. The first-order chi connectivity index (χ1) is 14.4. The molecule has 0 bridgehead atoms. The molecule has 0 unspecified atom stereocenters. The molecule has 0 aromatic heterocycles. The second kappa shape index (κ2) is 9.22. The third-order valence-electron chi connectivity index (χ3n) is 5.24. The Bertz CT molecular complexity index is 887. The minimum absolute atomic E-state index is 0.415. The Morgan fingerprint density at radius 2 is 0.828 bits per heavy atom. The van der Waals surface area contributed by atoms with Crippen LogP contribution in [-0.2, 0) is 5.54 Å². The van der Waals surface area contributed by atoms with E-state index < -0.39 is 5.54 Å². The molecule has 0 saturated carbocycles. The maximum absolute atomic E-state index is 3.89. The summed E-state index contributed by atoms with van der Waals surface area (Å²) < 4.78 is 0. The zero-order chi connectivity index (χ0) is 19.8. The number of rotatable bonds is 8. The van der Waals surface area contributed by atoms with Gasteiger partial charge >= 0.3 is 0 Å². The molecule has 0 aliphatic carbocycles. The van der Waals surface area contributed by atoms with Crippen molar-refractivity contribution in [2.45, 2.75) is 5.54 Å². The summed E-state index contributed by atoms with van der Waals surface area (Å²) >= 11 is 0. The normalized spacial score (nSPS) is 11.2. The van der Waals surface area contributed by atoms with Gasteiger partial charge in [-0.3, -0.25) is 5.32 Å². The van der Waals surface area contributed by atoms with Gasteiger partial charge in [0.1, 0.15) is 0 Å². The Kier molecular flexibility index (Phi) is 6.04. The highest BCUT2D eigenvalue weighted by Crippen LogP contribution is 2.36. The predicted molar refractivity (Wildman–Crippen MR) is 122 cm³/mol. The Morgan fingerprint density at radius 1 is 0.448 bits per heavy atom. The summed E-state index contributed by atoms with van der Waals surface area (Å²) in [5.74, 6) is 0. The van der Waals surface area contributed by atoms with Crippen molar-refractivity contribution in [2.75, 3.05) is 18.4 Å². The highest BCUT2D eigenvalue weighted by molar-refractivity contribution is 5.49. The van der Waals surface area contributed by atoms with Crippen LogP contribution in [0.25, 0.3) is 0 Å². The molecular weight excluding hydrogens is 352 g/mol. The molecule has 0 atom stereocenters. The van der Waals surface area contributed by atoms with Crippen LogP contribution in [0.1, 0.15) is 16.7 Å². The molecule has 0 aliphatic heterocycles. The standard InChI is InChI=1S/C27H26N2/c1-5-13-23(14-6-1)27(24-15-7-2-8-16-24,25-17-9-3-10-18-25)29-22-21-28-26-19-11-4-12-20-26/h1-20,28-29H,21-22H2. The molecule has 0 radical (unpaired) electrons. The minimum Gasteiger partial charge on any atom is -0.384 e. The van der Waals surface area contributed by atoms with E-state index in [0.717, 1.165) is 18.8 Å². The zero-order valence-corrected chi connectivity index (χ0v) is 16.5.